The van der Waals surface area contributed by atoms with Gasteiger partial charge < -0.3 is 19.2 Å². The zero-order chi connectivity index (χ0) is 16.5. The lowest BCUT2D eigenvalue weighted by Gasteiger charge is -2.16. The highest BCUT2D eigenvalue weighted by Crippen LogP contribution is 2.16. The first kappa shape index (κ1) is 16.9. The van der Waals surface area contributed by atoms with Crippen LogP contribution in [0.1, 0.15) is 5.76 Å². The van der Waals surface area contributed by atoms with Crippen LogP contribution in [-0.2, 0) is 11.3 Å². The Balaban J connectivity index is 1.62. The van der Waals surface area contributed by atoms with E-state index in [-0.39, 0.29) is 5.91 Å². The number of hydrogen-bond donors (Lipinski definition) is 1. The molecule has 1 amide bonds. The second-order valence-electron chi connectivity index (χ2n) is 5.12. The monoisotopic (exact) mass is 318 g/mol. The molecule has 6 heteroatoms. The van der Waals surface area contributed by atoms with Gasteiger partial charge in [-0.1, -0.05) is 0 Å². The Morgan fingerprint density at radius 1 is 1.22 bits per heavy atom. The normalized spacial score (nSPS) is 10.6. The van der Waals surface area contributed by atoms with E-state index >= 15 is 0 Å². The number of methoxy groups -OCH3 is 1. The van der Waals surface area contributed by atoms with E-state index in [0.717, 1.165) is 17.3 Å². The van der Waals surface area contributed by atoms with Gasteiger partial charge in [-0.2, -0.15) is 0 Å². The first-order chi connectivity index (χ1) is 11.2. The zero-order valence-electron chi connectivity index (χ0n) is 13.5. The fourth-order valence-corrected chi connectivity index (χ4v) is 1.97. The molecule has 0 atom stereocenters. The third-order valence-corrected chi connectivity index (χ3v) is 3.25. The summed E-state index contributed by atoms with van der Waals surface area (Å²) in [6.45, 7) is 1.88. The van der Waals surface area contributed by atoms with Gasteiger partial charge in [0.15, 0.2) is 0 Å². The van der Waals surface area contributed by atoms with Crippen LogP contribution in [-0.4, -0.2) is 44.7 Å². The summed E-state index contributed by atoms with van der Waals surface area (Å²) in [5, 5.41) is 2.81. The van der Waals surface area contributed by atoms with E-state index in [0.29, 0.717) is 26.2 Å². The SMILES string of the molecule is COc1ccc(OCCN(C)CC(=O)NCc2ccco2)cc1. The Morgan fingerprint density at radius 2 is 1.96 bits per heavy atom. The molecule has 1 aromatic heterocycles. The van der Waals surface area contributed by atoms with Crippen molar-refractivity contribution in [3.63, 3.8) is 0 Å². The van der Waals surface area contributed by atoms with Crippen LogP contribution in [0.2, 0.25) is 0 Å². The molecule has 6 nitrogen and oxygen atoms in total. The van der Waals surface area contributed by atoms with E-state index < -0.39 is 0 Å². The molecule has 1 heterocycles. The van der Waals surface area contributed by atoms with Crippen molar-refractivity contribution in [1.29, 1.82) is 0 Å². The molecule has 0 aliphatic heterocycles. The maximum absolute atomic E-state index is 11.8. The minimum Gasteiger partial charge on any atom is -0.497 e. The highest BCUT2D eigenvalue weighted by Gasteiger charge is 2.07. The Bertz CT molecular complexity index is 581. The van der Waals surface area contributed by atoms with Crippen LogP contribution in [0, 0.1) is 0 Å². The number of nitrogens with one attached hydrogen (secondary N) is 1. The molecular formula is C17H22N2O4. The second-order valence-corrected chi connectivity index (χ2v) is 5.12. The van der Waals surface area contributed by atoms with E-state index in [1.54, 1.807) is 19.4 Å². The second kappa shape index (κ2) is 8.85. The Kier molecular flexibility index (Phi) is 6.50. The fourth-order valence-electron chi connectivity index (χ4n) is 1.97. The summed E-state index contributed by atoms with van der Waals surface area (Å²) in [4.78, 5) is 13.7. The van der Waals surface area contributed by atoms with E-state index in [1.807, 2.05) is 42.3 Å². The minimum absolute atomic E-state index is 0.0478. The largest absolute Gasteiger partial charge is 0.497 e. The predicted octanol–water partition coefficient (Wildman–Crippen LogP) is 1.92. The topological polar surface area (TPSA) is 63.9 Å². The van der Waals surface area contributed by atoms with Crippen LogP contribution in [0.15, 0.2) is 47.1 Å². The van der Waals surface area contributed by atoms with Gasteiger partial charge in [0.1, 0.15) is 23.9 Å². The van der Waals surface area contributed by atoms with Gasteiger partial charge in [-0.25, -0.2) is 0 Å². The van der Waals surface area contributed by atoms with E-state index in [4.69, 9.17) is 13.9 Å². The fraction of sp³-hybridized carbons (Fsp3) is 0.353. The molecule has 0 radical (unpaired) electrons. The van der Waals surface area contributed by atoms with Crippen molar-refractivity contribution < 1.29 is 18.7 Å². The van der Waals surface area contributed by atoms with E-state index in [9.17, 15) is 4.79 Å². The number of carbonyl (C=O) groups excluding carboxylic acids is 1. The average molecular weight is 318 g/mol. The highest BCUT2D eigenvalue weighted by molar-refractivity contribution is 5.77. The smallest absolute Gasteiger partial charge is 0.234 e. The molecule has 0 saturated carbocycles. The maximum Gasteiger partial charge on any atom is 0.234 e. The summed E-state index contributed by atoms with van der Waals surface area (Å²) in [6.07, 6.45) is 1.59. The third-order valence-electron chi connectivity index (χ3n) is 3.25. The van der Waals surface area contributed by atoms with Crippen LogP contribution >= 0.6 is 0 Å². The zero-order valence-corrected chi connectivity index (χ0v) is 13.5. The predicted molar refractivity (Wildman–Crippen MR) is 86.5 cm³/mol. The molecule has 1 aromatic carbocycles. The van der Waals surface area contributed by atoms with Gasteiger partial charge in [-0.05, 0) is 43.4 Å². The lowest BCUT2D eigenvalue weighted by Crippen LogP contribution is -2.36. The van der Waals surface area contributed by atoms with Gasteiger partial charge in [-0.3, -0.25) is 9.69 Å². The van der Waals surface area contributed by atoms with Crippen molar-refractivity contribution in [2.45, 2.75) is 6.54 Å². The number of hydrogen-bond acceptors (Lipinski definition) is 5. The molecule has 0 aliphatic carbocycles. The number of benzene rings is 1. The van der Waals surface area contributed by atoms with Crippen molar-refractivity contribution in [3.05, 3.63) is 48.4 Å². The standard InChI is InChI=1S/C17H22N2O4/c1-19(13-17(20)18-12-16-4-3-10-22-16)9-11-23-15-7-5-14(21-2)6-8-15/h3-8,10H,9,11-13H2,1-2H3,(H,18,20). The summed E-state index contributed by atoms with van der Waals surface area (Å²) in [6, 6.07) is 11.0. The highest BCUT2D eigenvalue weighted by atomic mass is 16.5. The summed E-state index contributed by atoms with van der Waals surface area (Å²) in [5.41, 5.74) is 0. The van der Waals surface area contributed by atoms with Crippen LogP contribution in [0.4, 0.5) is 0 Å². The molecule has 124 valence electrons. The number of ether oxygens (including phenoxy) is 2. The molecule has 2 rings (SSSR count). The van der Waals surface area contributed by atoms with Gasteiger partial charge in [-0.15, -0.1) is 0 Å². The van der Waals surface area contributed by atoms with Crippen molar-refractivity contribution in [2.75, 3.05) is 33.9 Å². The van der Waals surface area contributed by atoms with Crippen LogP contribution < -0.4 is 14.8 Å². The summed E-state index contributed by atoms with van der Waals surface area (Å²) < 4.78 is 15.9. The van der Waals surface area contributed by atoms with Crippen molar-refractivity contribution in [1.82, 2.24) is 10.2 Å². The molecule has 23 heavy (non-hydrogen) atoms. The molecule has 0 aliphatic rings. The van der Waals surface area contributed by atoms with Crippen molar-refractivity contribution >= 4 is 5.91 Å². The maximum atomic E-state index is 11.8. The minimum atomic E-state index is -0.0478. The number of likely N-dealkylation sites (N-methyl/N-ethyl adjacent to an activating group) is 1. The third kappa shape index (κ3) is 6.04. The van der Waals surface area contributed by atoms with Crippen LogP contribution in [0.5, 0.6) is 11.5 Å². The number of carbonyl (C=O) groups is 1. The van der Waals surface area contributed by atoms with Gasteiger partial charge >= 0.3 is 0 Å². The van der Waals surface area contributed by atoms with Crippen LogP contribution in [0.25, 0.3) is 0 Å². The van der Waals surface area contributed by atoms with Crippen LogP contribution in [0.3, 0.4) is 0 Å². The first-order valence-electron chi connectivity index (χ1n) is 7.42. The molecule has 0 bridgehead atoms. The number of nitrogens with zero attached hydrogens (tertiary/aromatic N) is 1. The molecular weight excluding hydrogens is 296 g/mol. The van der Waals surface area contributed by atoms with E-state index in [1.165, 1.54) is 0 Å². The molecule has 0 fully saturated rings. The van der Waals surface area contributed by atoms with Crippen molar-refractivity contribution in [2.24, 2.45) is 0 Å². The molecule has 0 spiro atoms. The average Bonchev–Trinajstić information content (AvgIpc) is 3.07. The Morgan fingerprint density at radius 3 is 2.61 bits per heavy atom. The van der Waals surface area contributed by atoms with Gasteiger partial charge in [0.25, 0.3) is 0 Å². The van der Waals surface area contributed by atoms with Crippen molar-refractivity contribution in [3.8, 4) is 11.5 Å². The molecule has 0 unspecified atom stereocenters. The lowest BCUT2D eigenvalue weighted by molar-refractivity contribution is -0.122. The summed E-state index contributed by atoms with van der Waals surface area (Å²) >= 11 is 0. The molecule has 0 saturated heterocycles. The van der Waals surface area contributed by atoms with Gasteiger partial charge in [0, 0.05) is 6.54 Å². The van der Waals surface area contributed by atoms with Gasteiger partial charge in [0.05, 0.1) is 26.5 Å². The van der Waals surface area contributed by atoms with E-state index in [2.05, 4.69) is 5.32 Å². The number of furan rings is 1. The number of amides is 1. The quantitative estimate of drug-likeness (QED) is 0.765. The molecule has 1 N–H and O–H groups in total. The Hall–Kier alpha value is -2.47. The summed E-state index contributed by atoms with van der Waals surface area (Å²) in [5.74, 6) is 2.27. The Labute approximate surface area is 136 Å². The number of rotatable bonds is 9. The van der Waals surface area contributed by atoms with Gasteiger partial charge in [0.2, 0.25) is 5.91 Å². The molecule has 2 aromatic rings. The summed E-state index contributed by atoms with van der Waals surface area (Å²) in [7, 11) is 3.51. The first-order valence-corrected chi connectivity index (χ1v) is 7.42. The lowest BCUT2D eigenvalue weighted by atomic mass is 10.3.